The Morgan fingerprint density at radius 3 is 2.77 bits per heavy atom. The number of nitrogens with one attached hydrogen (secondary N) is 1. The third-order valence-electron chi connectivity index (χ3n) is 1.65. The fourth-order valence-corrected chi connectivity index (χ4v) is 1.12. The normalized spacial score (nSPS) is 9.46. The van der Waals surface area contributed by atoms with Gasteiger partial charge in [-0.25, -0.2) is 0 Å². The number of carbonyl (C=O) groups excluding carboxylic acids is 1. The van der Waals surface area contributed by atoms with Gasteiger partial charge in [0.1, 0.15) is 5.75 Å². The van der Waals surface area contributed by atoms with Crippen molar-refractivity contribution in [2.24, 2.45) is 0 Å². The average Bonchev–Trinajstić information content (AvgIpc) is 2.07. The molecule has 4 heteroatoms. The van der Waals surface area contributed by atoms with Crippen molar-refractivity contribution in [3.8, 4) is 5.75 Å². The second-order valence-corrected chi connectivity index (χ2v) is 2.93. The maximum Gasteiger partial charge on any atom is 0.318 e. The molecule has 1 aromatic carbocycles. The molecule has 1 aromatic rings. The van der Waals surface area contributed by atoms with E-state index in [4.69, 9.17) is 16.3 Å². The first-order valence-corrected chi connectivity index (χ1v) is 4.12. The highest BCUT2D eigenvalue weighted by molar-refractivity contribution is 6.65. The van der Waals surface area contributed by atoms with Gasteiger partial charge in [0.25, 0.3) is 0 Å². The number of carbonyl (C=O) groups is 1. The highest BCUT2D eigenvalue weighted by Crippen LogP contribution is 2.22. The SMILES string of the molecule is COc1cc(NC(=O)Cl)ccc1C. The monoisotopic (exact) mass is 199 g/mol. The van der Waals surface area contributed by atoms with E-state index in [0.29, 0.717) is 5.69 Å². The lowest BCUT2D eigenvalue weighted by Crippen LogP contribution is -2.01. The van der Waals surface area contributed by atoms with Gasteiger partial charge in [0, 0.05) is 11.8 Å². The van der Waals surface area contributed by atoms with E-state index in [0.717, 1.165) is 11.3 Å². The lowest BCUT2D eigenvalue weighted by molar-refractivity contribution is 0.269. The van der Waals surface area contributed by atoms with Crippen LogP contribution in [0.4, 0.5) is 10.5 Å². The van der Waals surface area contributed by atoms with Crippen molar-refractivity contribution in [1.29, 1.82) is 0 Å². The molecular weight excluding hydrogens is 190 g/mol. The Labute approximate surface area is 81.7 Å². The third kappa shape index (κ3) is 2.63. The van der Waals surface area contributed by atoms with Crippen LogP contribution in [0.5, 0.6) is 5.75 Å². The Morgan fingerprint density at radius 1 is 1.54 bits per heavy atom. The number of halogens is 1. The van der Waals surface area contributed by atoms with Gasteiger partial charge >= 0.3 is 5.37 Å². The molecule has 0 atom stereocenters. The molecule has 0 fully saturated rings. The number of benzene rings is 1. The predicted octanol–water partition coefficient (Wildman–Crippen LogP) is 2.77. The summed E-state index contributed by atoms with van der Waals surface area (Å²) in [5.74, 6) is 0.725. The van der Waals surface area contributed by atoms with Gasteiger partial charge in [-0.05, 0) is 30.2 Å². The number of hydrogen-bond donors (Lipinski definition) is 1. The van der Waals surface area contributed by atoms with Crippen LogP contribution >= 0.6 is 11.6 Å². The summed E-state index contributed by atoms with van der Waals surface area (Å²) in [5, 5.41) is 1.85. The number of anilines is 1. The molecule has 0 aliphatic rings. The largest absolute Gasteiger partial charge is 0.496 e. The van der Waals surface area contributed by atoms with Crippen LogP contribution in [0.3, 0.4) is 0 Å². The Morgan fingerprint density at radius 2 is 2.23 bits per heavy atom. The molecule has 13 heavy (non-hydrogen) atoms. The maximum atomic E-state index is 10.5. The van der Waals surface area contributed by atoms with Crippen LogP contribution in [0.25, 0.3) is 0 Å². The lowest BCUT2D eigenvalue weighted by Gasteiger charge is -2.06. The summed E-state index contributed by atoms with van der Waals surface area (Å²) >= 11 is 5.16. The van der Waals surface area contributed by atoms with E-state index in [1.54, 1.807) is 19.2 Å². The third-order valence-corrected chi connectivity index (χ3v) is 1.75. The highest BCUT2D eigenvalue weighted by Gasteiger charge is 2.01. The van der Waals surface area contributed by atoms with Crippen molar-refractivity contribution in [2.75, 3.05) is 12.4 Å². The van der Waals surface area contributed by atoms with Gasteiger partial charge in [0.05, 0.1) is 7.11 Å². The zero-order chi connectivity index (χ0) is 9.84. The smallest absolute Gasteiger partial charge is 0.318 e. The minimum absolute atomic E-state index is 0.606. The van der Waals surface area contributed by atoms with Crippen LogP contribution < -0.4 is 10.1 Å². The first-order chi connectivity index (χ1) is 6.13. The number of ether oxygens (including phenoxy) is 1. The topological polar surface area (TPSA) is 38.3 Å². The van der Waals surface area contributed by atoms with Gasteiger partial charge in [-0.3, -0.25) is 4.79 Å². The van der Waals surface area contributed by atoms with Crippen molar-refractivity contribution in [2.45, 2.75) is 6.92 Å². The summed E-state index contributed by atoms with van der Waals surface area (Å²) in [7, 11) is 1.58. The molecule has 0 radical (unpaired) electrons. The second-order valence-electron chi connectivity index (χ2n) is 2.58. The highest BCUT2D eigenvalue weighted by atomic mass is 35.5. The van der Waals surface area contributed by atoms with Gasteiger partial charge in [0.15, 0.2) is 0 Å². The molecule has 0 unspecified atom stereocenters. The molecular formula is C9H10ClNO2. The fourth-order valence-electron chi connectivity index (χ4n) is 1.01. The van der Waals surface area contributed by atoms with Gasteiger partial charge in [-0.15, -0.1) is 0 Å². The van der Waals surface area contributed by atoms with Gasteiger partial charge in [-0.1, -0.05) is 6.07 Å². The standard InChI is InChI=1S/C9H10ClNO2/c1-6-3-4-7(11-9(10)12)5-8(6)13-2/h3-5H,1-2H3,(H,11,12). The maximum absolute atomic E-state index is 10.5. The van der Waals surface area contributed by atoms with Crippen molar-refractivity contribution in [3.63, 3.8) is 0 Å². The van der Waals surface area contributed by atoms with E-state index >= 15 is 0 Å². The Balaban J connectivity index is 2.92. The number of aryl methyl sites for hydroxylation is 1. The second kappa shape index (κ2) is 4.14. The molecule has 1 N–H and O–H groups in total. The molecule has 0 bridgehead atoms. The average molecular weight is 200 g/mol. The van der Waals surface area contributed by atoms with Gasteiger partial charge < -0.3 is 10.1 Å². The van der Waals surface area contributed by atoms with E-state index in [1.807, 2.05) is 13.0 Å². The van der Waals surface area contributed by atoms with Gasteiger partial charge in [-0.2, -0.15) is 0 Å². The van der Waals surface area contributed by atoms with E-state index in [-0.39, 0.29) is 0 Å². The zero-order valence-corrected chi connectivity index (χ0v) is 8.18. The predicted molar refractivity (Wildman–Crippen MR) is 52.6 cm³/mol. The molecule has 0 aliphatic carbocycles. The molecule has 70 valence electrons. The number of methoxy groups -OCH3 is 1. The number of hydrogen-bond acceptors (Lipinski definition) is 2. The van der Waals surface area contributed by atoms with Crippen LogP contribution in [0.2, 0.25) is 0 Å². The fraction of sp³-hybridized carbons (Fsp3) is 0.222. The molecule has 0 spiro atoms. The van der Waals surface area contributed by atoms with E-state index in [2.05, 4.69) is 5.32 Å². The van der Waals surface area contributed by atoms with Gasteiger partial charge in [0.2, 0.25) is 0 Å². The zero-order valence-electron chi connectivity index (χ0n) is 7.43. The minimum Gasteiger partial charge on any atom is -0.496 e. The molecule has 0 saturated heterocycles. The van der Waals surface area contributed by atoms with Crippen LogP contribution in [-0.2, 0) is 0 Å². The van der Waals surface area contributed by atoms with Crippen molar-refractivity contribution in [1.82, 2.24) is 0 Å². The van der Waals surface area contributed by atoms with Crippen LogP contribution in [0, 0.1) is 6.92 Å². The first-order valence-electron chi connectivity index (χ1n) is 3.74. The lowest BCUT2D eigenvalue weighted by atomic mass is 10.2. The molecule has 0 aliphatic heterocycles. The number of amides is 1. The van der Waals surface area contributed by atoms with Crippen molar-refractivity contribution < 1.29 is 9.53 Å². The van der Waals surface area contributed by atoms with Crippen molar-refractivity contribution >= 4 is 22.7 Å². The van der Waals surface area contributed by atoms with E-state index in [1.165, 1.54) is 0 Å². The van der Waals surface area contributed by atoms with E-state index < -0.39 is 5.37 Å². The van der Waals surface area contributed by atoms with Crippen LogP contribution in [0.1, 0.15) is 5.56 Å². The molecule has 0 heterocycles. The Kier molecular flexibility index (Phi) is 3.14. The van der Waals surface area contributed by atoms with Crippen LogP contribution in [0.15, 0.2) is 18.2 Å². The summed E-state index contributed by atoms with van der Waals surface area (Å²) < 4.78 is 5.07. The molecule has 0 aromatic heterocycles. The number of rotatable bonds is 2. The minimum atomic E-state index is -0.606. The summed E-state index contributed by atoms with van der Waals surface area (Å²) in [5.41, 5.74) is 1.64. The molecule has 3 nitrogen and oxygen atoms in total. The van der Waals surface area contributed by atoms with E-state index in [9.17, 15) is 4.79 Å². The Hall–Kier alpha value is -1.22. The molecule has 1 amide bonds. The summed E-state index contributed by atoms with van der Waals surface area (Å²) in [6.07, 6.45) is 0. The summed E-state index contributed by atoms with van der Waals surface area (Å²) in [6, 6.07) is 5.33. The Bertz CT molecular complexity index is 325. The quantitative estimate of drug-likeness (QED) is 0.588. The molecule has 0 saturated carbocycles. The first kappa shape index (κ1) is 9.86. The van der Waals surface area contributed by atoms with Crippen molar-refractivity contribution in [3.05, 3.63) is 23.8 Å². The summed E-state index contributed by atoms with van der Waals surface area (Å²) in [4.78, 5) is 10.5. The summed E-state index contributed by atoms with van der Waals surface area (Å²) in [6.45, 7) is 1.92. The van der Waals surface area contributed by atoms with Crippen LogP contribution in [-0.4, -0.2) is 12.5 Å². The molecule has 1 rings (SSSR count).